The first-order valence-electron chi connectivity index (χ1n) is 8.32. The normalized spacial score (nSPS) is 10.3. The molecule has 0 fully saturated rings. The molecule has 0 aliphatic carbocycles. The van der Waals surface area contributed by atoms with Gasteiger partial charge in [-0.3, -0.25) is 25.0 Å². The summed E-state index contributed by atoms with van der Waals surface area (Å²) in [6, 6.07) is 12.8. The van der Waals surface area contributed by atoms with Crippen molar-refractivity contribution < 1.29 is 14.5 Å². The van der Waals surface area contributed by atoms with Crippen molar-refractivity contribution in [2.75, 3.05) is 10.6 Å². The summed E-state index contributed by atoms with van der Waals surface area (Å²) in [4.78, 5) is 33.5. The lowest BCUT2D eigenvalue weighted by molar-refractivity contribution is -0.384. The maximum absolute atomic E-state index is 11.9. The maximum atomic E-state index is 11.9. The first kappa shape index (κ1) is 20.7. The SMILES string of the molecule is CCC(=O)Nc1ccc(NC(=S)NC(=O)C=Cc2cccc([N+](=O)[O-])c2)cc1. The number of rotatable bonds is 6. The standard InChI is InChI=1S/C19H18N4O4S/c1-2-17(24)20-14-7-9-15(10-8-14)21-19(28)22-18(25)11-6-13-4-3-5-16(12-13)23(26)27/h3-12H,2H2,1H3,(H,20,24)(H2,21,22,25,28). The number of hydrogen-bond donors (Lipinski definition) is 3. The number of carbonyl (C=O) groups is 2. The lowest BCUT2D eigenvalue weighted by atomic mass is 10.2. The molecule has 2 amide bonds. The van der Waals surface area contributed by atoms with Crippen LogP contribution >= 0.6 is 12.2 Å². The average Bonchev–Trinajstić information content (AvgIpc) is 2.68. The van der Waals surface area contributed by atoms with E-state index in [2.05, 4.69) is 16.0 Å². The molecule has 0 unspecified atom stereocenters. The van der Waals surface area contributed by atoms with Gasteiger partial charge in [0.25, 0.3) is 5.69 Å². The molecule has 2 aromatic rings. The molecule has 0 bridgehead atoms. The van der Waals surface area contributed by atoms with Crippen LogP contribution in [-0.2, 0) is 9.59 Å². The van der Waals surface area contributed by atoms with Crippen LogP contribution in [0.2, 0.25) is 0 Å². The van der Waals surface area contributed by atoms with Gasteiger partial charge in [-0.1, -0.05) is 19.1 Å². The Hall–Kier alpha value is -3.59. The van der Waals surface area contributed by atoms with Crippen LogP contribution in [0, 0.1) is 10.1 Å². The molecule has 2 rings (SSSR count). The molecule has 28 heavy (non-hydrogen) atoms. The van der Waals surface area contributed by atoms with E-state index in [-0.39, 0.29) is 16.7 Å². The molecule has 0 saturated carbocycles. The molecule has 0 saturated heterocycles. The third-order valence-electron chi connectivity index (χ3n) is 3.49. The molecule has 0 aromatic heterocycles. The van der Waals surface area contributed by atoms with Crippen molar-refractivity contribution in [1.82, 2.24) is 5.32 Å². The Morgan fingerprint density at radius 3 is 2.36 bits per heavy atom. The number of benzene rings is 2. The van der Waals surface area contributed by atoms with Gasteiger partial charge in [-0.25, -0.2) is 0 Å². The molecule has 3 N–H and O–H groups in total. The minimum atomic E-state index is -0.505. The summed E-state index contributed by atoms with van der Waals surface area (Å²) in [6.07, 6.45) is 3.08. The lowest BCUT2D eigenvalue weighted by Gasteiger charge is -2.09. The molecule has 0 aliphatic heterocycles. The number of amides is 2. The third kappa shape index (κ3) is 6.61. The molecule has 8 nitrogen and oxygen atoms in total. The monoisotopic (exact) mass is 398 g/mol. The van der Waals surface area contributed by atoms with Gasteiger partial charge in [-0.2, -0.15) is 0 Å². The molecule has 0 heterocycles. The topological polar surface area (TPSA) is 113 Å². The number of non-ortho nitro benzene ring substituents is 1. The number of thiocarbonyl (C=S) groups is 1. The average molecular weight is 398 g/mol. The summed E-state index contributed by atoms with van der Waals surface area (Å²) in [7, 11) is 0. The van der Waals surface area contributed by atoms with Gasteiger partial charge in [0.05, 0.1) is 4.92 Å². The molecule has 0 atom stereocenters. The number of anilines is 2. The van der Waals surface area contributed by atoms with Crippen LogP contribution in [0.4, 0.5) is 17.1 Å². The highest BCUT2D eigenvalue weighted by atomic mass is 32.1. The van der Waals surface area contributed by atoms with E-state index in [1.807, 2.05) is 0 Å². The van der Waals surface area contributed by atoms with Crippen molar-refractivity contribution in [2.45, 2.75) is 13.3 Å². The second kappa shape index (κ2) is 9.93. The third-order valence-corrected chi connectivity index (χ3v) is 3.70. The summed E-state index contributed by atoms with van der Waals surface area (Å²) in [5, 5.41) is 18.9. The molecular formula is C19H18N4O4S. The molecule has 144 valence electrons. The van der Waals surface area contributed by atoms with E-state index in [1.54, 1.807) is 37.3 Å². The highest BCUT2D eigenvalue weighted by Crippen LogP contribution is 2.15. The zero-order chi connectivity index (χ0) is 20.5. The first-order chi connectivity index (χ1) is 13.4. The van der Waals surface area contributed by atoms with Crippen molar-refractivity contribution in [2.24, 2.45) is 0 Å². The fourth-order valence-corrected chi connectivity index (χ4v) is 2.33. The zero-order valence-electron chi connectivity index (χ0n) is 15.0. The predicted octanol–water partition coefficient (Wildman–Crippen LogP) is 3.47. The molecule has 0 radical (unpaired) electrons. The van der Waals surface area contributed by atoms with Crippen LogP contribution in [-0.4, -0.2) is 21.9 Å². The van der Waals surface area contributed by atoms with E-state index in [9.17, 15) is 19.7 Å². The Kier molecular flexibility index (Phi) is 7.35. The van der Waals surface area contributed by atoms with Crippen molar-refractivity contribution in [3.63, 3.8) is 0 Å². The van der Waals surface area contributed by atoms with Crippen molar-refractivity contribution >= 4 is 52.3 Å². The van der Waals surface area contributed by atoms with E-state index in [0.29, 0.717) is 23.4 Å². The molecule has 0 aliphatic rings. The Morgan fingerprint density at radius 2 is 1.75 bits per heavy atom. The van der Waals surface area contributed by atoms with Crippen molar-refractivity contribution in [3.05, 3.63) is 70.3 Å². The lowest BCUT2D eigenvalue weighted by Crippen LogP contribution is -2.32. The Labute approximate surface area is 166 Å². The highest BCUT2D eigenvalue weighted by molar-refractivity contribution is 7.80. The summed E-state index contributed by atoms with van der Waals surface area (Å²) >= 11 is 5.08. The van der Waals surface area contributed by atoms with Gasteiger partial charge in [0.1, 0.15) is 0 Å². The van der Waals surface area contributed by atoms with Crippen LogP contribution in [0.15, 0.2) is 54.6 Å². The van der Waals surface area contributed by atoms with E-state index < -0.39 is 10.8 Å². The van der Waals surface area contributed by atoms with Crippen LogP contribution in [0.1, 0.15) is 18.9 Å². The minimum absolute atomic E-state index is 0.0571. The second-order valence-electron chi connectivity index (χ2n) is 5.61. The summed E-state index contributed by atoms with van der Waals surface area (Å²) < 4.78 is 0. The summed E-state index contributed by atoms with van der Waals surface area (Å²) in [6.45, 7) is 1.76. The van der Waals surface area contributed by atoms with Gasteiger partial charge < -0.3 is 10.6 Å². The Morgan fingerprint density at radius 1 is 1.11 bits per heavy atom. The molecule has 9 heteroatoms. The van der Waals surface area contributed by atoms with Crippen molar-refractivity contribution in [1.29, 1.82) is 0 Å². The number of nitro benzene ring substituents is 1. The van der Waals surface area contributed by atoms with Crippen LogP contribution in [0.25, 0.3) is 6.08 Å². The Bertz CT molecular complexity index is 926. The molecular weight excluding hydrogens is 380 g/mol. The minimum Gasteiger partial charge on any atom is -0.332 e. The number of nitrogens with zero attached hydrogens (tertiary/aromatic N) is 1. The van der Waals surface area contributed by atoms with Crippen LogP contribution < -0.4 is 16.0 Å². The maximum Gasteiger partial charge on any atom is 0.270 e. The predicted molar refractivity (Wildman–Crippen MR) is 112 cm³/mol. The fourth-order valence-electron chi connectivity index (χ4n) is 2.12. The van der Waals surface area contributed by atoms with Gasteiger partial charge in [0.2, 0.25) is 11.8 Å². The van der Waals surface area contributed by atoms with Gasteiger partial charge >= 0.3 is 0 Å². The number of hydrogen-bond acceptors (Lipinski definition) is 5. The zero-order valence-corrected chi connectivity index (χ0v) is 15.8. The summed E-state index contributed by atoms with van der Waals surface area (Å²) in [5.74, 6) is -0.560. The van der Waals surface area contributed by atoms with Gasteiger partial charge in [0, 0.05) is 36.0 Å². The highest BCUT2D eigenvalue weighted by Gasteiger charge is 2.05. The first-order valence-corrected chi connectivity index (χ1v) is 8.72. The van der Waals surface area contributed by atoms with E-state index in [4.69, 9.17) is 12.2 Å². The van der Waals surface area contributed by atoms with Crippen molar-refractivity contribution in [3.8, 4) is 0 Å². The molecule has 2 aromatic carbocycles. The molecule has 0 spiro atoms. The van der Waals surface area contributed by atoms with E-state index >= 15 is 0 Å². The van der Waals surface area contributed by atoms with Crippen LogP contribution in [0.5, 0.6) is 0 Å². The smallest absolute Gasteiger partial charge is 0.270 e. The number of nitro groups is 1. The number of nitrogens with one attached hydrogen (secondary N) is 3. The fraction of sp³-hybridized carbons (Fsp3) is 0.105. The second-order valence-corrected chi connectivity index (χ2v) is 6.02. The van der Waals surface area contributed by atoms with Gasteiger partial charge in [-0.15, -0.1) is 0 Å². The summed E-state index contributed by atoms with van der Waals surface area (Å²) in [5.41, 5.74) is 1.76. The van der Waals surface area contributed by atoms with Gasteiger partial charge in [0.15, 0.2) is 5.11 Å². The quantitative estimate of drug-likeness (QED) is 0.297. The van der Waals surface area contributed by atoms with Crippen LogP contribution in [0.3, 0.4) is 0 Å². The van der Waals surface area contributed by atoms with Gasteiger partial charge in [-0.05, 0) is 48.1 Å². The largest absolute Gasteiger partial charge is 0.332 e. The Balaban J connectivity index is 1.88. The number of carbonyl (C=O) groups excluding carboxylic acids is 2. The van der Waals surface area contributed by atoms with E-state index in [1.165, 1.54) is 30.4 Å². The van der Waals surface area contributed by atoms with E-state index in [0.717, 1.165) is 0 Å².